The highest BCUT2D eigenvalue weighted by atomic mass is 32.2. The predicted octanol–water partition coefficient (Wildman–Crippen LogP) is 3.65. The van der Waals surface area contributed by atoms with Gasteiger partial charge in [0.2, 0.25) is 0 Å². The SMILES string of the molecule is CN(C)Cc1cccc2c1S(=O)(=O)N=C2C1=C(O)[C@H](C(C)(C)C)N(Cc2ccc(F)cc2)C1=O. The second-order valence-electron chi connectivity index (χ2n) is 10.0. The Morgan fingerprint density at radius 3 is 2.35 bits per heavy atom. The first kappa shape index (κ1) is 24.1. The molecule has 2 aliphatic heterocycles. The highest BCUT2D eigenvalue weighted by Crippen LogP contribution is 2.41. The molecule has 2 heterocycles. The van der Waals surface area contributed by atoms with Crippen molar-refractivity contribution in [1.29, 1.82) is 0 Å². The Morgan fingerprint density at radius 1 is 1.12 bits per heavy atom. The molecule has 2 aromatic carbocycles. The van der Waals surface area contributed by atoms with Gasteiger partial charge in [-0.05, 0) is 42.8 Å². The molecular weight excluding hydrogens is 457 g/mol. The van der Waals surface area contributed by atoms with Crippen molar-refractivity contribution in [3.8, 4) is 0 Å². The largest absolute Gasteiger partial charge is 0.509 e. The number of halogens is 1. The topological polar surface area (TPSA) is 90.3 Å². The maximum absolute atomic E-state index is 13.7. The van der Waals surface area contributed by atoms with Crippen LogP contribution >= 0.6 is 0 Å². The van der Waals surface area contributed by atoms with E-state index in [1.165, 1.54) is 17.0 Å². The van der Waals surface area contributed by atoms with Gasteiger partial charge in [-0.1, -0.05) is 51.1 Å². The zero-order chi connectivity index (χ0) is 25.0. The van der Waals surface area contributed by atoms with Gasteiger partial charge in [-0.2, -0.15) is 12.8 Å². The van der Waals surface area contributed by atoms with Crippen LogP contribution in [0.2, 0.25) is 0 Å². The molecule has 1 amide bonds. The Morgan fingerprint density at radius 2 is 1.76 bits per heavy atom. The van der Waals surface area contributed by atoms with Gasteiger partial charge in [-0.3, -0.25) is 4.79 Å². The molecule has 0 saturated carbocycles. The van der Waals surface area contributed by atoms with Gasteiger partial charge in [-0.15, -0.1) is 0 Å². The molecule has 1 N–H and O–H groups in total. The van der Waals surface area contributed by atoms with E-state index < -0.39 is 27.4 Å². The number of aliphatic hydroxyl groups is 1. The van der Waals surface area contributed by atoms with E-state index in [9.17, 15) is 22.7 Å². The van der Waals surface area contributed by atoms with Crippen LogP contribution in [0.3, 0.4) is 0 Å². The van der Waals surface area contributed by atoms with Crippen molar-refractivity contribution < 1.29 is 22.7 Å². The number of sulfonamides is 1. The summed E-state index contributed by atoms with van der Waals surface area (Å²) in [5, 5.41) is 11.3. The number of carbonyl (C=O) groups is 1. The summed E-state index contributed by atoms with van der Waals surface area (Å²) in [6, 6.07) is 10.1. The van der Waals surface area contributed by atoms with Crippen LogP contribution in [0.5, 0.6) is 0 Å². The summed E-state index contributed by atoms with van der Waals surface area (Å²) in [7, 11) is -0.381. The first-order valence-corrected chi connectivity index (χ1v) is 12.4. The molecular formula is C25H28FN3O4S. The fourth-order valence-corrected chi connectivity index (χ4v) is 6.07. The minimum absolute atomic E-state index is 0.0334. The molecule has 34 heavy (non-hydrogen) atoms. The van der Waals surface area contributed by atoms with Crippen LogP contribution < -0.4 is 0 Å². The molecule has 0 radical (unpaired) electrons. The number of nitrogens with zero attached hydrogens (tertiary/aromatic N) is 3. The van der Waals surface area contributed by atoms with Crippen molar-refractivity contribution in [1.82, 2.24) is 9.80 Å². The van der Waals surface area contributed by atoms with Crippen LogP contribution in [0.1, 0.15) is 37.5 Å². The summed E-state index contributed by atoms with van der Waals surface area (Å²) >= 11 is 0. The molecule has 4 rings (SSSR count). The quantitative estimate of drug-likeness (QED) is 0.698. The third-order valence-corrected chi connectivity index (χ3v) is 7.35. The zero-order valence-corrected chi connectivity index (χ0v) is 20.6. The van der Waals surface area contributed by atoms with Crippen LogP contribution in [0.4, 0.5) is 4.39 Å². The van der Waals surface area contributed by atoms with E-state index >= 15 is 0 Å². The highest BCUT2D eigenvalue weighted by molar-refractivity contribution is 7.90. The number of aliphatic hydroxyl groups excluding tert-OH is 1. The van der Waals surface area contributed by atoms with Crippen molar-refractivity contribution in [2.24, 2.45) is 9.81 Å². The third kappa shape index (κ3) is 4.14. The average molecular weight is 486 g/mol. The van der Waals surface area contributed by atoms with Gasteiger partial charge in [0.25, 0.3) is 15.9 Å². The summed E-state index contributed by atoms with van der Waals surface area (Å²) in [6.07, 6.45) is 0. The Balaban J connectivity index is 1.83. The Kier molecular flexibility index (Phi) is 5.90. The molecule has 0 saturated heterocycles. The first-order valence-electron chi connectivity index (χ1n) is 10.9. The number of hydrogen-bond acceptors (Lipinski definition) is 5. The monoisotopic (exact) mass is 485 g/mol. The Bertz CT molecular complexity index is 1320. The number of hydrogen-bond donors (Lipinski definition) is 1. The van der Waals surface area contributed by atoms with E-state index in [0.717, 1.165) is 0 Å². The van der Waals surface area contributed by atoms with E-state index in [2.05, 4.69) is 4.40 Å². The summed E-state index contributed by atoms with van der Waals surface area (Å²) in [5.74, 6) is -1.11. The van der Waals surface area contributed by atoms with Gasteiger partial charge in [0, 0.05) is 18.7 Å². The van der Waals surface area contributed by atoms with Crippen molar-refractivity contribution in [2.75, 3.05) is 14.1 Å². The molecule has 0 fully saturated rings. The normalized spacial score (nSPS) is 19.7. The molecule has 1 atom stereocenters. The fraction of sp³-hybridized carbons (Fsp3) is 0.360. The van der Waals surface area contributed by atoms with Crippen LogP contribution in [0.15, 0.2) is 63.1 Å². The lowest BCUT2D eigenvalue weighted by molar-refractivity contribution is -0.129. The van der Waals surface area contributed by atoms with E-state index in [-0.39, 0.29) is 34.3 Å². The van der Waals surface area contributed by atoms with Gasteiger partial charge in [-0.25, -0.2) is 4.39 Å². The molecule has 9 heteroatoms. The maximum atomic E-state index is 13.7. The lowest BCUT2D eigenvalue weighted by Crippen LogP contribution is -2.43. The van der Waals surface area contributed by atoms with Crippen molar-refractivity contribution >= 4 is 21.6 Å². The van der Waals surface area contributed by atoms with Gasteiger partial charge in [0.1, 0.15) is 27.8 Å². The average Bonchev–Trinajstić information content (AvgIpc) is 3.13. The number of amides is 1. The van der Waals surface area contributed by atoms with Crippen molar-refractivity contribution in [2.45, 2.75) is 44.8 Å². The minimum Gasteiger partial charge on any atom is -0.509 e. The summed E-state index contributed by atoms with van der Waals surface area (Å²) < 4.78 is 43.5. The molecule has 0 unspecified atom stereocenters. The van der Waals surface area contributed by atoms with E-state index in [0.29, 0.717) is 23.2 Å². The fourth-order valence-electron chi connectivity index (χ4n) is 4.64. The molecule has 0 bridgehead atoms. The predicted molar refractivity (Wildman–Crippen MR) is 127 cm³/mol. The van der Waals surface area contributed by atoms with E-state index in [1.54, 1.807) is 30.3 Å². The number of carbonyl (C=O) groups excluding carboxylic acids is 1. The van der Waals surface area contributed by atoms with E-state index in [4.69, 9.17) is 0 Å². The second kappa shape index (κ2) is 8.32. The van der Waals surface area contributed by atoms with Gasteiger partial charge >= 0.3 is 0 Å². The summed E-state index contributed by atoms with van der Waals surface area (Å²) in [4.78, 5) is 17.1. The lowest BCUT2D eigenvalue weighted by Gasteiger charge is -2.35. The lowest BCUT2D eigenvalue weighted by atomic mass is 9.84. The maximum Gasteiger partial charge on any atom is 0.283 e. The number of fused-ring (bicyclic) bond motifs is 1. The van der Waals surface area contributed by atoms with Gasteiger partial charge < -0.3 is 14.9 Å². The standard InChI is InChI=1S/C25H28FN3O4S/c1-25(2,3)23-21(30)19(24(31)29(23)13-15-9-11-17(26)12-10-15)20-18-8-6-7-16(14-28(4)5)22(18)34(32,33)27-20/h6-12,23,30H,13-14H2,1-5H3/t23-/m1/s1. The van der Waals surface area contributed by atoms with Crippen molar-refractivity contribution in [3.63, 3.8) is 0 Å². The Hall–Kier alpha value is -3.04. The molecule has 0 aliphatic carbocycles. The Labute approximate surface area is 199 Å². The smallest absolute Gasteiger partial charge is 0.283 e. The number of rotatable bonds is 5. The van der Waals surface area contributed by atoms with Crippen LogP contribution in [0.25, 0.3) is 0 Å². The van der Waals surface area contributed by atoms with Gasteiger partial charge in [0.05, 0.1) is 6.04 Å². The van der Waals surface area contributed by atoms with Gasteiger partial charge in [0.15, 0.2) is 0 Å². The molecule has 0 aromatic heterocycles. The highest BCUT2D eigenvalue weighted by Gasteiger charge is 2.49. The van der Waals surface area contributed by atoms with Crippen LogP contribution in [-0.2, 0) is 27.9 Å². The molecule has 2 aliphatic rings. The molecule has 0 spiro atoms. The first-order chi connectivity index (χ1) is 15.8. The summed E-state index contributed by atoms with van der Waals surface area (Å²) in [6.45, 7) is 6.17. The number of benzene rings is 2. The molecule has 180 valence electrons. The molecule has 7 nitrogen and oxygen atoms in total. The van der Waals surface area contributed by atoms with Crippen LogP contribution in [-0.4, -0.2) is 55.1 Å². The minimum atomic E-state index is -4.05. The van der Waals surface area contributed by atoms with E-state index in [1.807, 2.05) is 39.8 Å². The third-order valence-electron chi connectivity index (χ3n) is 5.93. The second-order valence-corrected chi connectivity index (χ2v) is 11.6. The molecule has 2 aromatic rings. The summed E-state index contributed by atoms with van der Waals surface area (Å²) in [5.41, 5.74) is 0.871. The van der Waals surface area contributed by atoms with Crippen LogP contribution in [0, 0.1) is 11.2 Å². The zero-order valence-electron chi connectivity index (χ0n) is 19.8. The van der Waals surface area contributed by atoms with Crippen molar-refractivity contribution in [3.05, 3.63) is 76.3 Å².